The number of hydrogen-bond acceptors (Lipinski definition) is 5. The van der Waals surface area contributed by atoms with E-state index in [4.69, 9.17) is 13.3 Å². The van der Waals surface area contributed by atoms with Gasteiger partial charge in [-0.15, -0.1) is 0 Å². The Hall–Kier alpha value is -0.503. The third-order valence-electron chi connectivity index (χ3n) is 1.39. The van der Waals surface area contributed by atoms with Crippen LogP contribution in [0.15, 0.2) is 10.3 Å². The molecular weight excluding hydrogens is 178 g/mol. The quantitative estimate of drug-likeness (QED) is 0.358. The summed E-state index contributed by atoms with van der Waals surface area (Å²) >= 11 is 0. The van der Waals surface area contributed by atoms with E-state index < -0.39 is 8.97 Å². The highest BCUT2D eigenvalue weighted by molar-refractivity contribution is 6.57. The summed E-state index contributed by atoms with van der Waals surface area (Å²) in [6.07, 6.45) is 0. The molecule has 0 N–H and O–H groups in total. The molecule has 6 nitrogen and oxygen atoms in total. The average molecular weight is 193 g/mol. The van der Waals surface area contributed by atoms with Crippen LogP contribution in [0.2, 0.25) is 0 Å². The molecule has 7 heteroatoms. The van der Waals surface area contributed by atoms with Gasteiger partial charge in [-0.2, -0.15) is 5.11 Å². The molecule has 0 aliphatic carbocycles. The first-order valence-corrected chi connectivity index (χ1v) is 5.03. The zero-order valence-corrected chi connectivity index (χ0v) is 9.07. The SMILES string of the molecule is CN=NN(C)[Si](OC)(OC)OC. The maximum absolute atomic E-state index is 5.12. The molecule has 0 unspecified atom stereocenters. The van der Waals surface area contributed by atoms with Gasteiger partial charge in [0.1, 0.15) is 0 Å². The fraction of sp³-hybridized carbons (Fsp3) is 1.00. The smallest absolute Gasteiger partial charge is 0.359 e. The minimum atomic E-state index is -2.77. The zero-order chi connectivity index (χ0) is 9.61. The molecule has 0 aromatic heterocycles. The highest BCUT2D eigenvalue weighted by Gasteiger charge is 2.45. The Bertz CT molecular complexity index is 143. The molecule has 72 valence electrons. The summed E-state index contributed by atoms with van der Waals surface area (Å²) in [4.78, 5) is 0. The second-order valence-electron chi connectivity index (χ2n) is 1.95. The fourth-order valence-electron chi connectivity index (χ4n) is 0.835. The van der Waals surface area contributed by atoms with Crippen molar-refractivity contribution in [2.45, 2.75) is 0 Å². The maximum atomic E-state index is 5.12. The number of nitrogens with zero attached hydrogens (tertiary/aromatic N) is 3. The largest absolute Gasteiger partial charge is 0.650 e. The van der Waals surface area contributed by atoms with Crippen LogP contribution in [0.3, 0.4) is 0 Å². The van der Waals surface area contributed by atoms with Crippen LogP contribution < -0.4 is 0 Å². The van der Waals surface area contributed by atoms with Crippen LogP contribution in [0.25, 0.3) is 0 Å². The van der Waals surface area contributed by atoms with Gasteiger partial charge in [0.15, 0.2) is 0 Å². The summed E-state index contributed by atoms with van der Waals surface area (Å²) in [6, 6.07) is 0. The van der Waals surface area contributed by atoms with Crippen molar-refractivity contribution in [3.8, 4) is 0 Å². The third-order valence-corrected chi connectivity index (χ3v) is 3.82. The average Bonchev–Trinajstić information content (AvgIpc) is 2.09. The van der Waals surface area contributed by atoms with Gasteiger partial charge in [0.05, 0.1) is 7.05 Å². The monoisotopic (exact) mass is 193 g/mol. The second-order valence-corrected chi connectivity index (χ2v) is 4.87. The van der Waals surface area contributed by atoms with Gasteiger partial charge in [0.2, 0.25) is 0 Å². The van der Waals surface area contributed by atoms with E-state index in [2.05, 4.69) is 10.3 Å². The minimum absolute atomic E-state index is 1.47. The molecule has 0 aliphatic heterocycles. The summed E-state index contributed by atoms with van der Waals surface area (Å²) in [5.41, 5.74) is 0. The topological polar surface area (TPSA) is 55.7 Å². The van der Waals surface area contributed by atoms with Crippen molar-refractivity contribution in [2.24, 2.45) is 10.3 Å². The van der Waals surface area contributed by atoms with Gasteiger partial charge in [0.25, 0.3) is 0 Å². The van der Waals surface area contributed by atoms with Gasteiger partial charge in [-0.1, -0.05) is 5.22 Å². The van der Waals surface area contributed by atoms with Gasteiger partial charge in [-0.3, -0.25) is 0 Å². The van der Waals surface area contributed by atoms with Crippen molar-refractivity contribution in [3.63, 3.8) is 0 Å². The lowest BCUT2D eigenvalue weighted by Crippen LogP contribution is -2.55. The van der Waals surface area contributed by atoms with E-state index in [-0.39, 0.29) is 0 Å². The van der Waals surface area contributed by atoms with Crippen LogP contribution in [0, 0.1) is 0 Å². The molecule has 12 heavy (non-hydrogen) atoms. The van der Waals surface area contributed by atoms with Crippen molar-refractivity contribution >= 4 is 8.97 Å². The van der Waals surface area contributed by atoms with Crippen LogP contribution in [0.5, 0.6) is 0 Å². The Morgan fingerprint density at radius 1 is 1.08 bits per heavy atom. The highest BCUT2D eigenvalue weighted by atomic mass is 28.4. The van der Waals surface area contributed by atoms with Gasteiger partial charge >= 0.3 is 8.97 Å². The van der Waals surface area contributed by atoms with E-state index >= 15 is 0 Å². The Morgan fingerprint density at radius 2 is 1.50 bits per heavy atom. The van der Waals surface area contributed by atoms with Crippen molar-refractivity contribution < 1.29 is 13.3 Å². The minimum Gasteiger partial charge on any atom is -0.359 e. The van der Waals surface area contributed by atoms with E-state index in [0.717, 1.165) is 0 Å². The molecule has 0 atom stereocenters. The van der Waals surface area contributed by atoms with Gasteiger partial charge < -0.3 is 13.3 Å². The molecule has 0 aliphatic rings. The predicted molar refractivity (Wildman–Crippen MR) is 45.3 cm³/mol. The predicted octanol–water partition coefficient (Wildman–Crippen LogP) is 0.290. The van der Waals surface area contributed by atoms with E-state index in [1.165, 1.54) is 26.0 Å². The maximum Gasteiger partial charge on any atom is 0.650 e. The number of hydrogen-bond donors (Lipinski definition) is 0. The summed E-state index contributed by atoms with van der Waals surface area (Å²) in [7, 11) is 5.03. The van der Waals surface area contributed by atoms with Gasteiger partial charge in [0, 0.05) is 28.4 Å². The first kappa shape index (κ1) is 11.5. The Morgan fingerprint density at radius 3 is 1.75 bits per heavy atom. The second kappa shape index (κ2) is 5.20. The zero-order valence-electron chi connectivity index (χ0n) is 8.07. The standard InChI is InChI=1S/C5H15N3O3Si/c1-6-7-8(2)12(9-3,10-4)11-5/h1-5H3. The lowest BCUT2D eigenvalue weighted by molar-refractivity contribution is 0.0645. The van der Waals surface area contributed by atoms with Crippen LogP contribution in [0.4, 0.5) is 0 Å². The molecule has 0 amide bonds. The van der Waals surface area contributed by atoms with E-state index in [1.54, 1.807) is 14.1 Å². The molecule has 0 spiro atoms. The van der Waals surface area contributed by atoms with Gasteiger partial charge in [-0.25, -0.2) is 4.67 Å². The lowest BCUT2D eigenvalue weighted by Gasteiger charge is -2.28. The molecule has 0 fully saturated rings. The summed E-state index contributed by atoms with van der Waals surface area (Å²) in [5.74, 6) is 0. The van der Waals surface area contributed by atoms with Gasteiger partial charge in [-0.05, 0) is 0 Å². The van der Waals surface area contributed by atoms with Crippen molar-refractivity contribution in [1.29, 1.82) is 0 Å². The molecule has 0 bridgehead atoms. The summed E-state index contributed by atoms with van der Waals surface area (Å²) in [6.45, 7) is 0. The van der Waals surface area contributed by atoms with Crippen molar-refractivity contribution in [1.82, 2.24) is 4.67 Å². The molecule has 0 aromatic rings. The van der Waals surface area contributed by atoms with Crippen molar-refractivity contribution in [2.75, 3.05) is 35.4 Å². The van der Waals surface area contributed by atoms with Crippen LogP contribution in [-0.4, -0.2) is 49.1 Å². The molecule has 0 radical (unpaired) electrons. The summed E-state index contributed by atoms with van der Waals surface area (Å²) in [5, 5.41) is 7.35. The van der Waals surface area contributed by atoms with E-state index in [1.807, 2.05) is 0 Å². The highest BCUT2D eigenvalue weighted by Crippen LogP contribution is 2.10. The van der Waals surface area contributed by atoms with Crippen molar-refractivity contribution in [3.05, 3.63) is 0 Å². The number of rotatable bonds is 5. The lowest BCUT2D eigenvalue weighted by atomic mass is 11.5. The first-order valence-electron chi connectivity index (χ1n) is 3.36. The van der Waals surface area contributed by atoms with Crippen LogP contribution >= 0.6 is 0 Å². The Balaban J connectivity index is 4.46. The Kier molecular flexibility index (Phi) is 4.98. The third kappa shape index (κ3) is 2.24. The molecule has 0 aromatic carbocycles. The van der Waals surface area contributed by atoms with E-state index in [9.17, 15) is 0 Å². The first-order chi connectivity index (χ1) is 5.66. The molecular formula is C5H15N3O3Si. The normalized spacial score (nSPS) is 12.4. The molecule has 0 rings (SSSR count). The Labute approximate surface area is 73.5 Å². The molecule has 0 heterocycles. The summed E-state index contributed by atoms with van der Waals surface area (Å²) < 4.78 is 16.8. The van der Waals surface area contributed by atoms with Crippen LogP contribution in [-0.2, 0) is 13.3 Å². The van der Waals surface area contributed by atoms with Crippen LogP contribution in [0.1, 0.15) is 0 Å². The molecule has 0 saturated heterocycles. The molecule has 0 saturated carbocycles. The fourth-order valence-corrected chi connectivity index (χ4v) is 2.33. The van der Waals surface area contributed by atoms with E-state index in [0.29, 0.717) is 0 Å².